The molecule has 4 rings (SSSR count). The first-order valence-corrected chi connectivity index (χ1v) is 12.0. The van der Waals surface area contributed by atoms with Crippen LogP contribution in [0.2, 0.25) is 5.02 Å². The molecule has 11 heteroatoms. The largest absolute Gasteiger partial charge is 0.356 e. The van der Waals surface area contributed by atoms with Crippen LogP contribution in [0.3, 0.4) is 0 Å². The van der Waals surface area contributed by atoms with Crippen LogP contribution in [0.5, 0.6) is 0 Å². The number of fused-ring (bicyclic) bond motifs is 1. The summed E-state index contributed by atoms with van der Waals surface area (Å²) in [5.74, 6) is -0.544. The van der Waals surface area contributed by atoms with E-state index in [1.807, 2.05) is 11.5 Å². The Morgan fingerprint density at radius 1 is 1.19 bits per heavy atom. The standard InChI is InChI=1S/C25H27ClF2N6O2/c1-2-8-30-22(35)13-20(29)25(36)33-9-10-34-21(14-33)32-23(15-4-3-5-16(27)11-15)24(34)31-17-6-7-18(26)19(28)12-17/h3-7,11-12,20,31H,2,8-10,13-14,29H2,1H3,(H,30,35)/t20-/m0/s1. The Morgan fingerprint density at radius 3 is 2.72 bits per heavy atom. The summed E-state index contributed by atoms with van der Waals surface area (Å²) in [5, 5.41) is 5.89. The van der Waals surface area contributed by atoms with Gasteiger partial charge >= 0.3 is 0 Å². The Bertz CT molecular complexity index is 1280. The van der Waals surface area contributed by atoms with Crippen LogP contribution in [0.15, 0.2) is 42.5 Å². The second kappa shape index (κ2) is 11.0. The van der Waals surface area contributed by atoms with Gasteiger partial charge < -0.3 is 25.8 Å². The average Bonchev–Trinajstić information content (AvgIpc) is 3.22. The van der Waals surface area contributed by atoms with Crippen molar-refractivity contribution in [1.82, 2.24) is 19.8 Å². The van der Waals surface area contributed by atoms with Crippen LogP contribution in [-0.4, -0.2) is 45.4 Å². The van der Waals surface area contributed by atoms with Crippen LogP contribution in [0.4, 0.5) is 20.3 Å². The number of nitrogens with two attached hydrogens (primary N) is 1. The van der Waals surface area contributed by atoms with Gasteiger partial charge in [-0.05, 0) is 36.8 Å². The van der Waals surface area contributed by atoms with Gasteiger partial charge in [0.2, 0.25) is 11.8 Å². The van der Waals surface area contributed by atoms with Gasteiger partial charge in [-0.3, -0.25) is 9.59 Å². The molecule has 2 amide bonds. The highest BCUT2D eigenvalue weighted by Gasteiger charge is 2.30. The fraction of sp³-hybridized carbons (Fsp3) is 0.320. The number of imidazole rings is 1. The van der Waals surface area contributed by atoms with E-state index in [9.17, 15) is 18.4 Å². The van der Waals surface area contributed by atoms with Crippen molar-refractivity contribution in [2.75, 3.05) is 18.4 Å². The molecule has 0 aliphatic carbocycles. The van der Waals surface area contributed by atoms with Gasteiger partial charge in [0.15, 0.2) is 0 Å². The second-order valence-electron chi connectivity index (χ2n) is 8.56. The smallest absolute Gasteiger partial charge is 0.240 e. The Labute approximate surface area is 212 Å². The molecule has 0 spiro atoms. The van der Waals surface area contributed by atoms with Gasteiger partial charge in [0, 0.05) is 30.9 Å². The number of hydrogen-bond acceptors (Lipinski definition) is 5. The molecule has 2 aromatic carbocycles. The van der Waals surface area contributed by atoms with E-state index < -0.39 is 17.7 Å². The number of aromatic nitrogens is 2. The molecule has 3 aromatic rings. The minimum atomic E-state index is -0.972. The summed E-state index contributed by atoms with van der Waals surface area (Å²) in [7, 11) is 0. The number of anilines is 2. The van der Waals surface area contributed by atoms with Crippen molar-refractivity contribution in [2.24, 2.45) is 5.73 Å². The fourth-order valence-electron chi connectivity index (χ4n) is 4.05. The molecule has 1 aliphatic rings. The first-order chi connectivity index (χ1) is 17.3. The van der Waals surface area contributed by atoms with Crippen molar-refractivity contribution < 1.29 is 18.4 Å². The van der Waals surface area contributed by atoms with Crippen LogP contribution in [0, 0.1) is 11.6 Å². The lowest BCUT2D eigenvalue weighted by Crippen LogP contribution is -2.48. The third kappa shape index (κ3) is 5.66. The van der Waals surface area contributed by atoms with E-state index in [4.69, 9.17) is 22.3 Å². The predicted octanol–water partition coefficient (Wildman–Crippen LogP) is 3.81. The molecule has 0 fully saturated rings. The van der Waals surface area contributed by atoms with Crippen molar-refractivity contribution in [2.45, 2.75) is 38.9 Å². The molecule has 0 saturated carbocycles. The number of nitrogens with one attached hydrogen (secondary N) is 2. The van der Waals surface area contributed by atoms with Crippen molar-refractivity contribution in [3.8, 4) is 11.3 Å². The first-order valence-electron chi connectivity index (χ1n) is 11.6. The van der Waals surface area contributed by atoms with Gasteiger partial charge in [-0.2, -0.15) is 0 Å². The molecule has 2 heterocycles. The van der Waals surface area contributed by atoms with Crippen LogP contribution < -0.4 is 16.4 Å². The number of halogens is 3. The minimum absolute atomic E-state index is 0.00455. The number of nitrogens with zero attached hydrogens (tertiary/aromatic N) is 3. The van der Waals surface area contributed by atoms with Crippen LogP contribution in [-0.2, 0) is 22.7 Å². The average molecular weight is 517 g/mol. The zero-order chi connectivity index (χ0) is 25.8. The second-order valence-corrected chi connectivity index (χ2v) is 8.97. The van der Waals surface area contributed by atoms with Crippen molar-refractivity contribution in [3.05, 3.63) is 64.9 Å². The summed E-state index contributed by atoms with van der Waals surface area (Å²) in [6.07, 6.45) is 0.684. The molecule has 1 atom stereocenters. The van der Waals surface area contributed by atoms with E-state index >= 15 is 0 Å². The lowest BCUT2D eigenvalue weighted by molar-refractivity contribution is -0.136. The molecule has 1 aromatic heterocycles. The Morgan fingerprint density at radius 2 is 2.00 bits per heavy atom. The van der Waals surface area contributed by atoms with Gasteiger partial charge in [-0.1, -0.05) is 30.7 Å². The molecule has 1 aliphatic heterocycles. The van der Waals surface area contributed by atoms with Gasteiger partial charge in [0.1, 0.15) is 29.0 Å². The number of carbonyl (C=O) groups is 2. The highest BCUT2D eigenvalue weighted by atomic mass is 35.5. The van der Waals surface area contributed by atoms with Gasteiger partial charge in [-0.15, -0.1) is 0 Å². The van der Waals surface area contributed by atoms with E-state index in [1.54, 1.807) is 23.1 Å². The summed E-state index contributed by atoms with van der Waals surface area (Å²) in [4.78, 5) is 31.2. The van der Waals surface area contributed by atoms with Crippen molar-refractivity contribution in [1.29, 1.82) is 0 Å². The number of rotatable bonds is 8. The highest BCUT2D eigenvalue weighted by molar-refractivity contribution is 6.30. The maximum atomic E-state index is 14.1. The lowest BCUT2D eigenvalue weighted by Gasteiger charge is -2.30. The lowest BCUT2D eigenvalue weighted by atomic mass is 10.1. The van der Waals surface area contributed by atoms with Gasteiger partial charge in [0.25, 0.3) is 0 Å². The quantitative estimate of drug-likeness (QED) is 0.422. The van der Waals surface area contributed by atoms with E-state index in [0.29, 0.717) is 48.2 Å². The van der Waals surface area contributed by atoms with Gasteiger partial charge in [-0.25, -0.2) is 13.8 Å². The van der Waals surface area contributed by atoms with E-state index in [0.717, 1.165) is 6.42 Å². The molecule has 36 heavy (non-hydrogen) atoms. The van der Waals surface area contributed by atoms with E-state index in [-0.39, 0.29) is 29.8 Å². The maximum Gasteiger partial charge on any atom is 0.240 e. The first kappa shape index (κ1) is 25.6. The number of carbonyl (C=O) groups excluding carboxylic acids is 2. The molecular weight excluding hydrogens is 490 g/mol. The predicted molar refractivity (Wildman–Crippen MR) is 134 cm³/mol. The summed E-state index contributed by atoms with van der Waals surface area (Å²) < 4.78 is 30.0. The molecule has 4 N–H and O–H groups in total. The Hall–Kier alpha value is -3.50. The van der Waals surface area contributed by atoms with Crippen molar-refractivity contribution in [3.63, 3.8) is 0 Å². The molecule has 0 unspecified atom stereocenters. The summed E-state index contributed by atoms with van der Waals surface area (Å²) in [5.41, 5.74) is 7.45. The summed E-state index contributed by atoms with van der Waals surface area (Å²) in [6.45, 7) is 3.32. The maximum absolute atomic E-state index is 14.1. The van der Waals surface area contributed by atoms with E-state index in [2.05, 4.69) is 10.6 Å². The summed E-state index contributed by atoms with van der Waals surface area (Å²) in [6, 6.07) is 9.34. The van der Waals surface area contributed by atoms with Crippen LogP contribution in [0.1, 0.15) is 25.6 Å². The molecule has 190 valence electrons. The third-order valence-corrected chi connectivity index (χ3v) is 6.17. The van der Waals surface area contributed by atoms with Crippen molar-refractivity contribution >= 4 is 34.9 Å². The van der Waals surface area contributed by atoms with Gasteiger partial charge in [0.05, 0.1) is 24.0 Å². The Balaban J connectivity index is 1.61. The number of benzene rings is 2. The third-order valence-electron chi connectivity index (χ3n) is 5.86. The zero-order valence-electron chi connectivity index (χ0n) is 19.7. The molecule has 0 radical (unpaired) electrons. The molecule has 8 nitrogen and oxygen atoms in total. The van der Waals surface area contributed by atoms with Crippen LogP contribution >= 0.6 is 11.6 Å². The molecule has 0 bridgehead atoms. The van der Waals surface area contributed by atoms with E-state index in [1.165, 1.54) is 24.3 Å². The molecule has 0 saturated heterocycles. The fourth-order valence-corrected chi connectivity index (χ4v) is 4.17. The minimum Gasteiger partial charge on any atom is -0.356 e. The Kier molecular flexibility index (Phi) is 7.85. The summed E-state index contributed by atoms with van der Waals surface area (Å²) >= 11 is 5.82. The highest BCUT2D eigenvalue weighted by Crippen LogP contribution is 2.34. The normalized spacial score (nSPS) is 13.8. The topological polar surface area (TPSA) is 105 Å². The SMILES string of the molecule is CCCNC(=O)C[C@H](N)C(=O)N1CCn2c(nc(-c3cccc(F)c3)c2Nc2ccc(Cl)c(F)c2)C1. The number of amides is 2. The zero-order valence-corrected chi connectivity index (χ0v) is 20.5. The van der Waals surface area contributed by atoms with Crippen LogP contribution in [0.25, 0.3) is 11.3 Å². The number of hydrogen-bond donors (Lipinski definition) is 3. The molecular formula is C25H27ClF2N6O2. The monoisotopic (exact) mass is 516 g/mol.